The van der Waals surface area contributed by atoms with Gasteiger partial charge in [-0.1, -0.05) is 57.5 Å². The largest absolute Gasteiger partial charge is 0.312 e. The second-order valence-electron chi connectivity index (χ2n) is 9.07. The van der Waals surface area contributed by atoms with E-state index in [2.05, 4.69) is 78.1 Å². The average molecular weight is 300 g/mol. The van der Waals surface area contributed by atoms with Crippen molar-refractivity contribution in [3.8, 4) is 0 Å². The Bertz CT molecular complexity index is 552. The van der Waals surface area contributed by atoms with Crippen LogP contribution < -0.4 is 5.32 Å². The normalized spacial score (nSPS) is 16.4. The van der Waals surface area contributed by atoms with Gasteiger partial charge < -0.3 is 5.32 Å². The Morgan fingerprint density at radius 2 is 1.77 bits per heavy atom. The standard InChI is InChI=1S/C21H33N/c1-15(14-22-21(5,6)7)10-16-8-9-17-12-19(20(2,3)4)13-18(17)11-16/h8-9,11,13,15,22H,10,12,14H2,1-7H3/t15-/m0/s1. The zero-order valence-corrected chi connectivity index (χ0v) is 15.5. The highest BCUT2D eigenvalue weighted by atomic mass is 14.9. The zero-order valence-electron chi connectivity index (χ0n) is 15.5. The summed E-state index contributed by atoms with van der Waals surface area (Å²) in [5, 5.41) is 3.61. The average Bonchev–Trinajstić information content (AvgIpc) is 2.78. The molecule has 0 amide bonds. The van der Waals surface area contributed by atoms with Crippen molar-refractivity contribution in [1.29, 1.82) is 0 Å². The number of hydrogen-bond donors (Lipinski definition) is 1. The lowest BCUT2D eigenvalue weighted by atomic mass is 9.85. The van der Waals surface area contributed by atoms with Crippen LogP contribution in [0.2, 0.25) is 0 Å². The molecule has 122 valence electrons. The van der Waals surface area contributed by atoms with Crippen LogP contribution in [0.4, 0.5) is 0 Å². The van der Waals surface area contributed by atoms with Crippen LogP contribution in [0.1, 0.15) is 65.2 Å². The summed E-state index contributed by atoms with van der Waals surface area (Å²) in [6.07, 6.45) is 4.69. The summed E-state index contributed by atoms with van der Waals surface area (Å²) in [5.74, 6) is 0.657. The van der Waals surface area contributed by atoms with Gasteiger partial charge in [0.05, 0.1) is 0 Å². The molecule has 0 aromatic heterocycles. The van der Waals surface area contributed by atoms with Crippen molar-refractivity contribution in [2.75, 3.05) is 6.54 Å². The van der Waals surface area contributed by atoms with Crippen molar-refractivity contribution in [2.45, 2.75) is 66.8 Å². The summed E-state index contributed by atoms with van der Waals surface area (Å²) < 4.78 is 0. The van der Waals surface area contributed by atoms with Gasteiger partial charge in [-0.05, 0) is 68.2 Å². The van der Waals surface area contributed by atoms with Crippen LogP contribution in [0.15, 0.2) is 23.8 Å². The van der Waals surface area contributed by atoms with E-state index < -0.39 is 0 Å². The number of benzene rings is 1. The molecule has 1 nitrogen and oxygen atoms in total. The van der Waals surface area contributed by atoms with Crippen LogP contribution in [-0.4, -0.2) is 12.1 Å². The highest BCUT2D eigenvalue weighted by molar-refractivity contribution is 5.65. The highest BCUT2D eigenvalue weighted by Crippen LogP contribution is 2.36. The van der Waals surface area contributed by atoms with E-state index in [9.17, 15) is 0 Å². The molecule has 2 rings (SSSR count). The molecule has 1 aliphatic carbocycles. The molecule has 0 unspecified atom stereocenters. The predicted octanol–water partition coefficient (Wildman–Crippen LogP) is 5.24. The van der Waals surface area contributed by atoms with Gasteiger partial charge in [0.25, 0.3) is 0 Å². The minimum Gasteiger partial charge on any atom is -0.312 e. The molecule has 1 atom stereocenters. The van der Waals surface area contributed by atoms with Gasteiger partial charge in [0, 0.05) is 5.54 Å². The molecule has 1 aliphatic rings. The number of hydrogen-bond acceptors (Lipinski definition) is 1. The summed E-state index contributed by atoms with van der Waals surface area (Å²) in [6.45, 7) is 17.0. The van der Waals surface area contributed by atoms with Gasteiger partial charge in [0.1, 0.15) is 0 Å². The maximum Gasteiger partial charge on any atom is 0.00966 e. The molecule has 0 radical (unpaired) electrons. The van der Waals surface area contributed by atoms with Gasteiger partial charge in [0.15, 0.2) is 0 Å². The molecular formula is C21H33N. The van der Waals surface area contributed by atoms with Crippen LogP contribution >= 0.6 is 0 Å². The Kier molecular flexibility index (Phi) is 4.87. The van der Waals surface area contributed by atoms with E-state index in [1.165, 1.54) is 16.7 Å². The monoisotopic (exact) mass is 299 g/mol. The molecule has 0 saturated heterocycles. The number of fused-ring (bicyclic) bond motifs is 1. The summed E-state index contributed by atoms with van der Waals surface area (Å²) in [5.41, 5.74) is 6.45. The third kappa shape index (κ3) is 4.71. The number of nitrogens with one attached hydrogen (secondary N) is 1. The SMILES string of the molecule is C[C@H](CNC(C)(C)C)Cc1ccc2c(c1)C=C(C(C)(C)C)C2. The van der Waals surface area contributed by atoms with E-state index in [-0.39, 0.29) is 11.0 Å². The Hall–Kier alpha value is -1.08. The Morgan fingerprint density at radius 3 is 2.36 bits per heavy atom. The lowest BCUT2D eigenvalue weighted by Crippen LogP contribution is -2.39. The van der Waals surface area contributed by atoms with Gasteiger partial charge >= 0.3 is 0 Å². The molecule has 0 bridgehead atoms. The van der Waals surface area contributed by atoms with E-state index in [4.69, 9.17) is 0 Å². The lowest BCUT2D eigenvalue weighted by Gasteiger charge is -2.23. The van der Waals surface area contributed by atoms with Crippen molar-refractivity contribution >= 4 is 6.08 Å². The minimum absolute atomic E-state index is 0.205. The fraction of sp³-hybridized carbons (Fsp3) is 0.619. The van der Waals surface area contributed by atoms with Crippen LogP contribution in [0.3, 0.4) is 0 Å². The first-order valence-corrected chi connectivity index (χ1v) is 8.62. The third-order valence-corrected chi connectivity index (χ3v) is 4.45. The first-order chi connectivity index (χ1) is 10.0. The molecule has 1 heteroatoms. The highest BCUT2D eigenvalue weighted by Gasteiger charge is 2.23. The molecular weight excluding hydrogens is 266 g/mol. The summed E-state index contributed by atoms with van der Waals surface area (Å²) in [6, 6.07) is 7.07. The maximum atomic E-state index is 3.61. The molecule has 22 heavy (non-hydrogen) atoms. The van der Waals surface area contributed by atoms with Crippen LogP contribution in [0, 0.1) is 11.3 Å². The topological polar surface area (TPSA) is 12.0 Å². The molecule has 0 heterocycles. The van der Waals surface area contributed by atoms with Crippen LogP contribution in [-0.2, 0) is 12.8 Å². The Balaban J connectivity index is 2.02. The minimum atomic E-state index is 0.205. The fourth-order valence-corrected chi connectivity index (χ4v) is 2.95. The number of rotatable bonds is 4. The lowest BCUT2D eigenvalue weighted by molar-refractivity contribution is 0.381. The summed E-state index contributed by atoms with van der Waals surface area (Å²) in [4.78, 5) is 0. The smallest absolute Gasteiger partial charge is 0.00966 e. The molecule has 0 fully saturated rings. The first-order valence-electron chi connectivity index (χ1n) is 8.62. The molecule has 1 aromatic carbocycles. The Labute approximate surface area is 137 Å². The van der Waals surface area contributed by atoms with E-state index in [0.717, 1.165) is 19.4 Å². The van der Waals surface area contributed by atoms with Crippen LogP contribution in [0.25, 0.3) is 6.08 Å². The molecule has 0 aliphatic heterocycles. The van der Waals surface area contributed by atoms with E-state index >= 15 is 0 Å². The van der Waals surface area contributed by atoms with Crippen molar-refractivity contribution in [1.82, 2.24) is 5.32 Å². The maximum absolute atomic E-state index is 3.61. The van der Waals surface area contributed by atoms with E-state index in [1.807, 2.05) is 0 Å². The van der Waals surface area contributed by atoms with Gasteiger partial charge in [0.2, 0.25) is 0 Å². The quantitative estimate of drug-likeness (QED) is 0.801. The predicted molar refractivity (Wildman–Crippen MR) is 98.2 cm³/mol. The van der Waals surface area contributed by atoms with E-state index in [0.29, 0.717) is 5.92 Å². The van der Waals surface area contributed by atoms with Gasteiger partial charge in [-0.15, -0.1) is 0 Å². The van der Waals surface area contributed by atoms with Crippen molar-refractivity contribution < 1.29 is 0 Å². The van der Waals surface area contributed by atoms with Crippen LogP contribution in [0.5, 0.6) is 0 Å². The molecule has 0 saturated carbocycles. The fourth-order valence-electron chi connectivity index (χ4n) is 2.95. The summed E-state index contributed by atoms with van der Waals surface area (Å²) >= 11 is 0. The first kappa shape index (κ1) is 17.3. The van der Waals surface area contributed by atoms with Gasteiger partial charge in [-0.25, -0.2) is 0 Å². The van der Waals surface area contributed by atoms with Crippen molar-refractivity contribution in [2.24, 2.45) is 11.3 Å². The van der Waals surface area contributed by atoms with Crippen molar-refractivity contribution in [3.05, 3.63) is 40.5 Å². The van der Waals surface area contributed by atoms with Gasteiger partial charge in [-0.3, -0.25) is 0 Å². The Morgan fingerprint density at radius 1 is 1.09 bits per heavy atom. The number of allylic oxidation sites excluding steroid dienone is 1. The zero-order chi connectivity index (χ0) is 16.5. The van der Waals surface area contributed by atoms with Crippen molar-refractivity contribution in [3.63, 3.8) is 0 Å². The second-order valence-corrected chi connectivity index (χ2v) is 9.07. The van der Waals surface area contributed by atoms with Gasteiger partial charge in [-0.2, -0.15) is 0 Å². The summed E-state index contributed by atoms with van der Waals surface area (Å²) in [7, 11) is 0. The molecule has 0 spiro atoms. The third-order valence-electron chi connectivity index (χ3n) is 4.45. The van der Waals surface area contributed by atoms with E-state index in [1.54, 1.807) is 5.57 Å². The second kappa shape index (κ2) is 6.20. The molecule has 1 aromatic rings. The molecule has 1 N–H and O–H groups in total.